The smallest absolute Gasteiger partial charge is 0.337 e. The molecule has 1 unspecified atom stereocenters. The summed E-state index contributed by atoms with van der Waals surface area (Å²) in [4.78, 5) is 20.7. The topological polar surface area (TPSA) is 122 Å². The molecule has 2 saturated heterocycles. The number of fused-ring (bicyclic) bond motifs is 1. The number of nitrogens with one attached hydrogen (secondary N) is 2. The van der Waals surface area contributed by atoms with Gasteiger partial charge in [0.25, 0.3) is 10.0 Å². The Morgan fingerprint density at radius 3 is 2.56 bits per heavy atom. The van der Waals surface area contributed by atoms with Crippen LogP contribution in [0.25, 0.3) is 10.9 Å². The van der Waals surface area contributed by atoms with E-state index in [-0.39, 0.29) is 27.5 Å². The number of aromatic nitrogens is 1. The number of nitrogens with zero attached hydrogens (tertiary/aromatic N) is 3. The highest BCUT2D eigenvalue weighted by atomic mass is 79.9. The average Bonchev–Trinajstić information content (AvgIpc) is 3.00. The second-order valence-corrected chi connectivity index (χ2v) is 13.3. The molecule has 0 amide bonds. The van der Waals surface area contributed by atoms with Gasteiger partial charge in [-0.2, -0.15) is 0 Å². The Balaban J connectivity index is 1.41. The van der Waals surface area contributed by atoms with Crippen molar-refractivity contribution in [3.8, 4) is 5.75 Å². The Bertz CT molecular complexity index is 1840. The number of esters is 1. The molecule has 1 atom stereocenters. The van der Waals surface area contributed by atoms with E-state index in [0.717, 1.165) is 5.69 Å². The van der Waals surface area contributed by atoms with Crippen molar-refractivity contribution in [2.75, 3.05) is 62.0 Å². The summed E-state index contributed by atoms with van der Waals surface area (Å²) in [5.41, 5.74) is 1.90. The van der Waals surface area contributed by atoms with Gasteiger partial charge in [-0.05, 0) is 54.6 Å². The highest BCUT2D eigenvalue weighted by molar-refractivity contribution is 9.10. The molecule has 3 aromatic carbocycles. The van der Waals surface area contributed by atoms with Crippen LogP contribution in [-0.2, 0) is 19.5 Å². The van der Waals surface area contributed by atoms with Gasteiger partial charge in [-0.25, -0.2) is 17.6 Å². The Morgan fingerprint density at radius 1 is 1.09 bits per heavy atom. The maximum absolute atomic E-state index is 15.7. The van der Waals surface area contributed by atoms with E-state index in [1.165, 1.54) is 26.5 Å². The molecule has 14 heteroatoms. The number of rotatable bonds is 9. The van der Waals surface area contributed by atoms with Crippen molar-refractivity contribution in [3.05, 3.63) is 82.7 Å². The van der Waals surface area contributed by atoms with Crippen LogP contribution in [-0.4, -0.2) is 83.5 Å². The highest BCUT2D eigenvalue weighted by Crippen LogP contribution is 2.36. The molecule has 3 heterocycles. The van der Waals surface area contributed by atoms with Crippen LogP contribution in [0, 0.1) is 5.82 Å². The SMILES string of the molecule is COC(=O)c1cccc(N2CCN(C3COC3)C(Nc3c(S(=O)(=O)Nc4ccc(OC)cc4)cnc4cc(Br)cc(F)c34)C2)c1. The second kappa shape index (κ2) is 12.8. The molecule has 2 N–H and O–H groups in total. The second-order valence-electron chi connectivity index (χ2n) is 10.7. The minimum Gasteiger partial charge on any atom is -0.497 e. The number of benzene rings is 3. The van der Waals surface area contributed by atoms with Crippen molar-refractivity contribution in [1.29, 1.82) is 0 Å². The zero-order valence-electron chi connectivity index (χ0n) is 24.5. The number of ether oxygens (including phenoxy) is 3. The number of piperazine rings is 1. The minimum absolute atomic E-state index is 0.0467. The summed E-state index contributed by atoms with van der Waals surface area (Å²) >= 11 is 3.32. The quantitative estimate of drug-likeness (QED) is 0.238. The van der Waals surface area contributed by atoms with E-state index in [9.17, 15) is 13.2 Å². The largest absolute Gasteiger partial charge is 0.497 e. The van der Waals surface area contributed by atoms with Gasteiger partial charge in [0.1, 0.15) is 16.5 Å². The number of halogens is 2. The fourth-order valence-electron chi connectivity index (χ4n) is 5.57. The van der Waals surface area contributed by atoms with E-state index in [2.05, 4.69) is 40.8 Å². The molecule has 6 rings (SSSR count). The molecule has 45 heavy (non-hydrogen) atoms. The summed E-state index contributed by atoms with van der Waals surface area (Å²) in [6, 6.07) is 16.6. The third-order valence-electron chi connectivity index (χ3n) is 7.94. The molecule has 2 aliphatic rings. The third kappa shape index (κ3) is 6.41. The molecule has 2 fully saturated rings. The first-order valence-electron chi connectivity index (χ1n) is 14.1. The summed E-state index contributed by atoms with van der Waals surface area (Å²) in [6.07, 6.45) is 0.776. The molecular formula is C31H31BrFN5O6S. The fourth-order valence-corrected chi connectivity index (χ4v) is 7.16. The zero-order valence-corrected chi connectivity index (χ0v) is 26.9. The van der Waals surface area contributed by atoms with Gasteiger partial charge in [-0.3, -0.25) is 14.6 Å². The first-order valence-corrected chi connectivity index (χ1v) is 16.4. The van der Waals surface area contributed by atoms with E-state index < -0.39 is 28.0 Å². The number of carbonyl (C=O) groups excluding carboxylic acids is 1. The van der Waals surface area contributed by atoms with E-state index in [1.54, 1.807) is 48.5 Å². The lowest BCUT2D eigenvalue weighted by atomic mass is 10.1. The lowest BCUT2D eigenvalue weighted by molar-refractivity contribution is -0.0780. The van der Waals surface area contributed by atoms with Gasteiger partial charge in [0, 0.05) is 28.9 Å². The number of anilines is 3. The van der Waals surface area contributed by atoms with Gasteiger partial charge in [0.2, 0.25) is 0 Å². The number of carbonyl (C=O) groups is 1. The number of hydrogen-bond acceptors (Lipinski definition) is 10. The van der Waals surface area contributed by atoms with Gasteiger partial charge in [0.05, 0.1) is 74.5 Å². The molecule has 0 spiro atoms. The number of hydrogen-bond donors (Lipinski definition) is 2. The van der Waals surface area contributed by atoms with Crippen molar-refractivity contribution >= 4 is 59.9 Å². The number of pyridine rings is 1. The Labute approximate surface area is 268 Å². The first kappa shape index (κ1) is 31.0. The Kier molecular flexibility index (Phi) is 8.82. The van der Waals surface area contributed by atoms with Crippen molar-refractivity contribution in [2.45, 2.75) is 17.1 Å². The normalized spacial score (nSPS) is 17.5. The lowest BCUT2D eigenvalue weighted by Gasteiger charge is -2.48. The van der Waals surface area contributed by atoms with Gasteiger partial charge >= 0.3 is 5.97 Å². The zero-order chi connectivity index (χ0) is 31.7. The third-order valence-corrected chi connectivity index (χ3v) is 9.79. The molecular weight excluding hydrogens is 669 g/mol. The van der Waals surface area contributed by atoms with Crippen molar-refractivity contribution in [1.82, 2.24) is 9.88 Å². The summed E-state index contributed by atoms with van der Waals surface area (Å²) in [7, 11) is -1.39. The predicted molar refractivity (Wildman–Crippen MR) is 172 cm³/mol. The fraction of sp³-hybridized carbons (Fsp3) is 0.290. The van der Waals surface area contributed by atoms with Crippen LogP contribution < -0.4 is 19.7 Å². The summed E-state index contributed by atoms with van der Waals surface area (Å²) in [6.45, 7) is 2.70. The number of sulfonamides is 1. The lowest BCUT2D eigenvalue weighted by Crippen LogP contribution is -2.64. The number of methoxy groups -OCH3 is 2. The van der Waals surface area contributed by atoms with Crippen LogP contribution in [0.1, 0.15) is 10.4 Å². The van der Waals surface area contributed by atoms with Crippen molar-refractivity contribution in [3.63, 3.8) is 0 Å². The van der Waals surface area contributed by atoms with Crippen LogP contribution in [0.15, 0.2) is 76.2 Å². The van der Waals surface area contributed by atoms with Crippen LogP contribution in [0.5, 0.6) is 5.75 Å². The molecule has 0 bridgehead atoms. The van der Waals surface area contributed by atoms with Gasteiger partial charge in [-0.15, -0.1) is 0 Å². The minimum atomic E-state index is -4.25. The molecule has 4 aromatic rings. The molecule has 1 aromatic heterocycles. The van der Waals surface area contributed by atoms with E-state index >= 15 is 4.39 Å². The van der Waals surface area contributed by atoms with Crippen molar-refractivity contribution in [2.24, 2.45) is 0 Å². The van der Waals surface area contributed by atoms with E-state index in [0.29, 0.717) is 54.3 Å². The van der Waals surface area contributed by atoms with Crippen LogP contribution in [0.3, 0.4) is 0 Å². The Hall–Kier alpha value is -3.98. The van der Waals surface area contributed by atoms with Crippen LogP contribution in [0.4, 0.5) is 21.5 Å². The summed E-state index contributed by atoms with van der Waals surface area (Å²) in [5, 5.41) is 3.46. The Morgan fingerprint density at radius 2 is 1.87 bits per heavy atom. The monoisotopic (exact) mass is 699 g/mol. The summed E-state index contributed by atoms with van der Waals surface area (Å²) in [5.74, 6) is -0.506. The summed E-state index contributed by atoms with van der Waals surface area (Å²) < 4.78 is 62.2. The molecule has 0 radical (unpaired) electrons. The van der Waals surface area contributed by atoms with Crippen LogP contribution >= 0.6 is 15.9 Å². The molecule has 2 aliphatic heterocycles. The predicted octanol–water partition coefficient (Wildman–Crippen LogP) is 4.69. The standard InChI is InChI=1S/C31H31BrFN5O6S/c1-42-24-8-6-21(7-9-24)36-45(40,41)27-15-34-26-14-20(32)13-25(33)29(26)30(27)35-28-16-37(10-11-38(28)23-17-44-18-23)22-5-3-4-19(12-22)31(39)43-2/h3-9,12-15,23,28,36H,10-11,16-18H2,1-2H3,(H,34,35). The van der Waals surface area contributed by atoms with Gasteiger partial charge in [-0.1, -0.05) is 22.0 Å². The van der Waals surface area contributed by atoms with E-state index in [4.69, 9.17) is 14.2 Å². The van der Waals surface area contributed by atoms with E-state index in [1.807, 2.05) is 6.07 Å². The maximum Gasteiger partial charge on any atom is 0.337 e. The molecule has 236 valence electrons. The highest BCUT2D eigenvalue weighted by Gasteiger charge is 2.37. The van der Waals surface area contributed by atoms with Gasteiger partial charge < -0.3 is 24.4 Å². The van der Waals surface area contributed by atoms with Gasteiger partial charge in [0.15, 0.2) is 0 Å². The average molecular weight is 701 g/mol. The molecule has 0 saturated carbocycles. The van der Waals surface area contributed by atoms with Crippen molar-refractivity contribution < 1.29 is 31.8 Å². The van der Waals surface area contributed by atoms with Crippen LogP contribution in [0.2, 0.25) is 0 Å². The molecule has 0 aliphatic carbocycles. The molecule has 11 nitrogen and oxygen atoms in total. The maximum atomic E-state index is 15.7. The first-order chi connectivity index (χ1) is 21.7.